The van der Waals surface area contributed by atoms with Crippen molar-refractivity contribution in [2.45, 2.75) is 0 Å². The van der Waals surface area contributed by atoms with Crippen LogP contribution in [0.15, 0.2) is 48.8 Å². The number of nitrogens with one attached hydrogen (secondary N) is 1. The minimum atomic E-state index is -0.994. The zero-order chi connectivity index (χ0) is 11.4. The van der Waals surface area contributed by atoms with Crippen molar-refractivity contribution >= 4 is 17.3 Å². The fraction of sp³-hybridized carbons (Fsp3) is 0. The second kappa shape index (κ2) is 4.44. The Balaban J connectivity index is 2.31. The maximum Gasteiger partial charge on any atom is 0.339 e. The van der Waals surface area contributed by atoms with Gasteiger partial charge in [-0.05, 0) is 18.2 Å². The third kappa shape index (κ3) is 2.17. The smallest absolute Gasteiger partial charge is 0.339 e. The summed E-state index contributed by atoms with van der Waals surface area (Å²) < 4.78 is 0. The Morgan fingerprint density at radius 2 is 1.94 bits per heavy atom. The van der Waals surface area contributed by atoms with Crippen LogP contribution in [-0.2, 0) is 0 Å². The van der Waals surface area contributed by atoms with Crippen molar-refractivity contribution in [3.05, 3.63) is 54.4 Å². The van der Waals surface area contributed by atoms with Crippen LogP contribution >= 0.6 is 0 Å². The first-order chi connectivity index (χ1) is 7.77. The van der Waals surface area contributed by atoms with Crippen molar-refractivity contribution in [3.63, 3.8) is 0 Å². The van der Waals surface area contributed by atoms with Crippen LogP contribution in [0.5, 0.6) is 0 Å². The molecule has 0 saturated heterocycles. The molecule has 0 atom stereocenters. The van der Waals surface area contributed by atoms with Gasteiger partial charge in [0.25, 0.3) is 0 Å². The average molecular weight is 214 g/mol. The maximum atomic E-state index is 10.9. The minimum absolute atomic E-state index is 0.159. The van der Waals surface area contributed by atoms with Crippen LogP contribution in [0, 0.1) is 0 Å². The van der Waals surface area contributed by atoms with E-state index in [9.17, 15) is 4.79 Å². The molecule has 2 rings (SSSR count). The Kier molecular flexibility index (Phi) is 2.82. The molecule has 0 bridgehead atoms. The first kappa shape index (κ1) is 10.2. The Hall–Kier alpha value is -2.36. The average Bonchev–Trinajstić information content (AvgIpc) is 2.31. The van der Waals surface area contributed by atoms with Gasteiger partial charge in [-0.25, -0.2) is 4.79 Å². The number of aromatic nitrogens is 1. The summed E-state index contributed by atoms with van der Waals surface area (Å²) in [4.78, 5) is 14.7. The van der Waals surface area contributed by atoms with Crippen LogP contribution in [-0.4, -0.2) is 16.1 Å². The van der Waals surface area contributed by atoms with E-state index in [1.165, 1.54) is 6.20 Å². The topological polar surface area (TPSA) is 62.2 Å². The number of aromatic carboxylic acids is 1. The molecule has 2 aromatic rings. The number of para-hydroxylation sites is 1. The highest BCUT2D eigenvalue weighted by Crippen LogP contribution is 2.19. The lowest BCUT2D eigenvalue weighted by Crippen LogP contribution is -2.03. The molecule has 80 valence electrons. The van der Waals surface area contributed by atoms with Gasteiger partial charge in [0.2, 0.25) is 0 Å². The first-order valence-corrected chi connectivity index (χ1v) is 4.77. The zero-order valence-electron chi connectivity index (χ0n) is 8.42. The van der Waals surface area contributed by atoms with Gasteiger partial charge in [0.15, 0.2) is 0 Å². The number of hydrogen-bond donors (Lipinski definition) is 2. The molecule has 0 unspecified atom stereocenters. The van der Waals surface area contributed by atoms with E-state index in [1.54, 1.807) is 12.3 Å². The number of nitrogens with zero attached hydrogens (tertiary/aromatic N) is 1. The number of pyridine rings is 1. The Bertz CT molecular complexity index is 497. The summed E-state index contributed by atoms with van der Waals surface area (Å²) in [6, 6.07) is 11.0. The van der Waals surface area contributed by atoms with E-state index < -0.39 is 5.97 Å². The number of carbonyl (C=O) groups is 1. The molecule has 0 amide bonds. The van der Waals surface area contributed by atoms with E-state index >= 15 is 0 Å². The molecule has 4 heteroatoms. The van der Waals surface area contributed by atoms with E-state index in [4.69, 9.17) is 5.11 Å². The Morgan fingerprint density at radius 1 is 1.19 bits per heavy atom. The second-order valence-electron chi connectivity index (χ2n) is 3.22. The van der Waals surface area contributed by atoms with Gasteiger partial charge in [-0.1, -0.05) is 18.2 Å². The minimum Gasteiger partial charge on any atom is -0.478 e. The van der Waals surface area contributed by atoms with Gasteiger partial charge in [0.1, 0.15) is 5.56 Å². The number of carboxylic acids is 1. The molecule has 1 aromatic carbocycles. The van der Waals surface area contributed by atoms with Crippen molar-refractivity contribution < 1.29 is 9.90 Å². The monoisotopic (exact) mass is 214 g/mol. The summed E-state index contributed by atoms with van der Waals surface area (Å²) in [6.45, 7) is 0. The molecular weight excluding hydrogens is 204 g/mol. The van der Waals surface area contributed by atoms with Crippen molar-refractivity contribution in [1.29, 1.82) is 0 Å². The fourth-order valence-corrected chi connectivity index (χ4v) is 1.35. The molecule has 1 aromatic heterocycles. The molecule has 0 radical (unpaired) electrons. The van der Waals surface area contributed by atoms with Crippen molar-refractivity contribution in [3.8, 4) is 0 Å². The zero-order valence-corrected chi connectivity index (χ0v) is 8.42. The molecule has 0 fully saturated rings. The van der Waals surface area contributed by atoms with E-state index in [1.807, 2.05) is 30.3 Å². The van der Waals surface area contributed by atoms with Crippen molar-refractivity contribution in [2.75, 3.05) is 5.32 Å². The maximum absolute atomic E-state index is 10.9. The number of benzene rings is 1. The lowest BCUT2D eigenvalue weighted by Gasteiger charge is -2.08. The molecular formula is C12H10N2O2. The van der Waals surface area contributed by atoms with Crippen LogP contribution in [0.25, 0.3) is 0 Å². The lowest BCUT2D eigenvalue weighted by atomic mass is 10.2. The predicted octanol–water partition coefficient (Wildman–Crippen LogP) is 2.52. The summed E-state index contributed by atoms with van der Waals surface area (Å²) in [5.41, 5.74) is 1.54. The van der Waals surface area contributed by atoms with Gasteiger partial charge in [-0.3, -0.25) is 4.98 Å². The first-order valence-electron chi connectivity index (χ1n) is 4.77. The van der Waals surface area contributed by atoms with E-state index in [0.29, 0.717) is 5.69 Å². The molecule has 16 heavy (non-hydrogen) atoms. The number of rotatable bonds is 3. The van der Waals surface area contributed by atoms with Gasteiger partial charge in [-0.2, -0.15) is 0 Å². The van der Waals surface area contributed by atoms with Crippen LogP contribution < -0.4 is 5.32 Å². The van der Waals surface area contributed by atoms with Crippen LogP contribution in [0.1, 0.15) is 10.4 Å². The van der Waals surface area contributed by atoms with Crippen LogP contribution in [0.2, 0.25) is 0 Å². The summed E-state index contributed by atoms with van der Waals surface area (Å²) in [5.74, 6) is -0.994. The number of hydrogen-bond acceptors (Lipinski definition) is 3. The van der Waals surface area contributed by atoms with Crippen molar-refractivity contribution in [2.24, 2.45) is 0 Å². The third-order valence-corrected chi connectivity index (χ3v) is 2.10. The van der Waals surface area contributed by atoms with Gasteiger partial charge in [-0.15, -0.1) is 0 Å². The van der Waals surface area contributed by atoms with Crippen LogP contribution in [0.4, 0.5) is 11.4 Å². The predicted molar refractivity (Wildman–Crippen MR) is 60.9 cm³/mol. The highest BCUT2D eigenvalue weighted by atomic mass is 16.4. The summed E-state index contributed by atoms with van der Waals surface area (Å²) >= 11 is 0. The van der Waals surface area contributed by atoms with Crippen LogP contribution in [0.3, 0.4) is 0 Å². The molecule has 0 spiro atoms. The van der Waals surface area contributed by atoms with Gasteiger partial charge < -0.3 is 10.4 Å². The van der Waals surface area contributed by atoms with E-state index in [0.717, 1.165) is 5.69 Å². The quantitative estimate of drug-likeness (QED) is 0.824. The summed E-state index contributed by atoms with van der Waals surface area (Å²) in [5, 5.41) is 12.0. The Morgan fingerprint density at radius 3 is 2.62 bits per heavy atom. The molecule has 0 saturated carbocycles. The standard InChI is InChI=1S/C12H10N2O2/c15-12(16)10-8-13-7-6-11(10)14-9-4-2-1-3-5-9/h1-8H,(H,13,14)(H,15,16). The highest BCUT2D eigenvalue weighted by Gasteiger charge is 2.09. The molecule has 0 aliphatic carbocycles. The molecule has 2 N–H and O–H groups in total. The number of anilines is 2. The Labute approximate surface area is 92.6 Å². The fourth-order valence-electron chi connectivity index (χ4n) is 1.35. The van der Waals surface area contributed by atoms with Crippen molar-refractivity contribution in [1.82, 2.24) is 4.98 Å². The lowest BCUT2D eigenvalue weighted by molar-refractivity contribution is 0.0697. The van der Waals surface area contributed by atoms with E-state index in [2.05, 4.69) is 10.3 Å². The second-order valence-corrected chi connectivity index (χ2v) is 3.22. The molecule has 0 aliphatic heterocycles. The normalized spacial score (nSPS) is 9.75. The van der Waals surface area contributed by atoms with Gasteiger partial charge in [0.05, 0.1) is 5.69 Å². The van der Waals surface area contributed by atoms with Gasteiger partial charge >= 0.3 is 5.97 Å². The van der Waals surface area contributed by atoms with E-state index in [-0.39, 0.29) is 5.56 Å². The molecule has 1 heterocycles. The molecule has 0 aliphatic rings. The summed E-state index contributed by atoms with van der Waals surface area (Å²) in [6.07, 6.45) is 2.88. The highest BCUT2D eigenvalue weighted by molar-refractivity contribution is 5.94. The third-order valence-electron chi connectivity index (χ3n) is 2.10. The number of carboxylic acid groups (broad SMARTS) is 1. The SMILES string of the molecule is O=C(O)c1cnccc1Nc1ccccc1. The summed E-state index contributed by atoms with van der Waals surface area (Å²) in [7, 11) is 0. The largest absolute Gasteiger partial charge is 0.478 e. The van der Waals surface area contributed by atoms with Gasteiger partial charge in [0, 0.05) is 18.1 Å². The molecule has 4 nitrogen and oxygen atoms in total.